The Hall–Kier alpha value is -3.98. The van der Waals surface area contributed by atoms with Crippen LogP contribution in [0.2, 0.25) is 5.02 Å². The number of ether oxygens (including phenoxy) is 1. The maximum atomic E-state index is 14.6. The molecular weight excluding hydrogens is 643 g/mol. The largest absolute Gasteiger partial charge is 0.461 e. The van der Waals surface area contributed by atoms with Crippen LogP contribution in [0.3, 0.4) is 0 Å². The summed E-state index contributed by atoms with van der Waals surface area (Å²) in [6, 6.07) is 2.47. The monoisotopic (exact) mass is 676 g/mol. The Morgan fingerprint density at radius 2 is 2.02 bits per heavy atom. The number of hydrogen-bond donors (Lipinski definition) is 1. The summed E-state index contributed by atoms with van der Waals surface area (Å²) in [5.74, 6) is 0.696. The summed E-state index contributed by atoms with van der Waals surface area (Å²) in [6.45, 7) is 13.9. The second kappa shape index (κ2) is 11.0. The van der Waals surface area contributed by atoms with Gasteiger partial charge in [-0.1, -0.05) is 11.6 Å². The average molecular weight is 677 g/mol. The minimum Gasteiger partial charge on any atom is -0.461 e. The SMILES string of the molecule is [C-]#[N+]c1c(N2CCCn3nc(C(C)=O)c(Cl)c3C2)nc(OC[C@@]23CCCN2C[C@H](F)C3)nc1N1CC2(CCc3sc(N)c(C#N)c32)C1. The Kier molecular flexibility index (Phi) is 7.13. The molecule has 3 fully saturated rings. The predicted octanol–water partition coefficient (Wildman–Crippen LogP) is 4.66. The molecule has 4 aliphatic heterocycles. The highest BCUT2D eigenvalue weighted by Crippen LogP contribution is 2.54. The zero-order valence-corrected chi connectivity index (χ0v) is 27.6. The fourth-order valence-electron chi connectivity index (χ4n) is 8.53. The number of carbonyl (C=O) groups is 1. The average Bonchev–Trinajstić information content (AvgIpc) is 3.78. The number of aryl methyl sites for hydroxylation is 2. The Morgan fingerprint density at radius 1 is 1.23 bits per heavy atom. The standard InChI is InChI=1S/C32H34ClFN10O2S/c1-18(45)25-24(33)21-14-41(8-4-10-44(21)40-25)28-26(37-2)29(39-30(38-28)46-17-32-6-3-9-43(32)13-19(34)11-32)42-15-31(16-42)7-5-22-23(31)20(12-35)27(36)47-22/h19H,3-11,13-17,36H2,1H3/t19-,32+/m1/s1. The Balaban J connectivity index is 1.16. The number of carbonyl (C=O) groups excluding carboxylic acids is 1. The molecule has 244 valence electrons. The molecule has 3 aromatic rings. The number of halogens is 2. The van der Waals surface area contributed by atoms with Crippen LogP contribution in [0.15, 0.2) is 0 Å². The second-order valence-electron chi connectivity index (χ2n) is 13.5. The van der Waals surface area contributed by atoms with Gasteiger partial charge in [0.15, 0.2) is 5.78 Å². The van der Waals surface area contributed by atoms with Gasteiger partial charge in [0.25, 0.3) is 5.69 Å². The molecule has 0 aromatic carbocycles. The van der Waals surface area contributed by atoms with Crippen LogP contribution in [0, 0.1) is 17.9 Å². The molecule has 47 heavy (non-hydrogen) atoms. The topological polar surface area (TPSA) is 134 Å². The lowest BCUT2D eigenvalue weighted by molar-refractivity contribution is 0.101. The molecule has 15 heteroatoms. The van der Waals surface area contributed by atoms with E-state index in [1.165, 1.54) is 23.1 Å². The van der Waals surface area contributed by atoms with Crippen LogP contribution >= 0.6 is 22.9 Å². The molecule has 0 bridgehead atoms. The zero-order valence-electron chi connectivity index (χ0n) is 26.1. The number of nitrogens with two attached hydrogens (primary N) is 1. The summed E-state index contributed by atoms with van der Waals surface area (Å²) in [5.41, 5.74) is 8.45. The van der Waals surface area contributed by atoms with Gasteiger partial charge in [-0.05, 0) is 44.2 Å². The van der Waals surface area contributed by atoms with E-state index in [1.54, 1.807) is 4.68 Å². The number of rotatable bonds is 6. The first kappa shape index (κ1) is 30.4. The first-order chi connectivity index (χ1) is 22.6. The minimum atomic E-state index is -0.889. The number of thiophene rings is 1. The van der Waals surface area contributed by atoms with Crippen LogP contribution in [-0.4, -0.2) is 81.5 Å². The van der Waals surface area contributed by atoms with Gasteiger partial charge in [0.05, 0.1) is 34.9 Å². The highest BCUT2D eigenvalue weighted by Gasteiger charge is 2.53. The fraction of sp³-hybridized carbons (Fsp3) is 0.562. The summed E-state index contributed by atoms with van der Waals surface area (Å²) in [4.78, 5) is 33.3. The molecule has 1 spiro atoms. The molecule has 2 N–H and O–H groups in total. The van der Waals surface area contributed by atoms with E-state index in [1.807, 2.05) is 4.90 Å². The van der Waals surface area contributed by atoms with Gasteiger partial charge >= 0.3 is 6.01 Å². The van der Waals surface area contributed by atoms with Gasteiger partial charge in [-0.2, -0.15) is 20.3 Å². The van der Waals surface area contributed by atoms with Gasteiger partial charge in [0.2, 0.25) is 0 Å². The molecule has 0 unspecified atom stereocenters. The van der Waals surface area contributed by atoms with E-state index in [0.717, 1.165) is 37.8 Å². The molecule has 3 saturated heterocycles. The summed E-state index contributed by atoms with van der Waals surface area (Å²) in [5, 5.41) is 15.2. The molecule has 3 aromatic heterocycles. The van der Waals surface area contributed by atoms with E-state index in [9.17, 15) is 14.4 Å². The number of Topliss-reactive ketones (excluding diaryl/α,β-unsaturated/α-hetero) is 1. The lowest BCUT2D eigenvalue weighted by Gasteiger charge is -2.50. The normalized spacial score (nSPS) is 24.3. The van der Waals surface area contributed by atoms with Gasteiger partial charge in [-0.15, -0.1) is 11.3 Å². The summed E-state index contributed by atoms with van der Waals surface area (Å²) < 4.78 is 22.7. The molecule has 2 atom stereocenters. The van der Waals surface area contributed by atoms with Gasteiger partial charge in [0.1, 0.15) is 41.2 Å². The maximum absolute atomic E-state index is 14.6. The maximum Gasteiger partial charge on any atom is 0.317 e. The number of alkyl halides is 1. The zero-order chi connectivity index (χ0) is 32.7. The molecule has 0 amide bonds. The Bertz CT molecular complexity index is 1890. The van der Waals surface area contributed by atoms with Crippen LogP contribution in [0.25, 0.3) is 4.85 Å². The van der Waals surface area contributed by atoms with E-state index in [4.69, 9.17) is 38.6 Å². The van der Waals surface area contributed by atoms with E-state index in [-0.39, 0.29) is 35.0 Å². The summed E-state index contributed by atoms with van der Waals surface area (Å²) in [7, 11) is 0. The van der Waals surface area contributed by atoms with E-state index in [2.05, 4.69) is 25.8 Å². The fourth-order valence-corrected chi connectivity index (χ4v) is 9.99. The van der Waals surface area contributed by atoms with Gasteiger partial charge in [-0.3, -0.25) is 14.4 Å². The van der Waals surface area contributed by atoms with Gasteiger partial charge in [0, 0.05) is 56.4 Å². The van der Waals surface area contributed by atoms with Gasteiger partial charge in [-0.25, -0.2) is 9.24 Å². The number of aromatic nitrogens is 4. The number of ketones is 1. The smallest absolute Gasteiger partial charge is 0.317 e. The van der Waals surface area contributed by atoms with Crippen molar-refractivity contribution in [3.8, 4) is 12.1 Å². The third-order valence-electron chi connectivity index (χ3n) is 10.7. The van der Waals surface area contributed by atoms with E-state index < -0.39 is 6.17 Å². The number of nitrogens with zero attached hydrogens (tertiary/aromatic N) is 9. The predicted molar refractivity (Wildman–Crippen MR) is 175 cm³/mol. The minimum absolute atomic E-state index is 0.143. The van der Waals surface area contributed by atoms with Crippen molar-refractivity contribution in [2.75, 3.05) is 54.9 Å². The first-order valence-corrected chi connectivity index (χ1v) is 17.2. The van der Waals surface area contributed by atoms with Crippen molar-refractivity contribution >= 4 is 51.0 Å². The molecular formula is C32H34ClFN10O2S. The van der Waals surface area contributed by atoms with Crippen LogP contribution < -0.4 is 20.3 Å². The number of fused-ring (bicyclic) bond motifs is 4. The molecule has 8 rings (SSSR count). The number of anilines is 3. The van der Waals surface area contributed by atoms with Crippen molar-refractivity contribution in [2.24, 2.45) is 0 Å². The van der Waals surface area contributed by atoms with Crippen molar-refractivity contribution in [2.45, 2.75) is 75.7 Å². The molecule has 0 saturated carbocycles. The molecule has 12 nitrogen and oxygen atoms in total. The van der Waals surface area contributed by atoms with Gasteiger partial charge < -0.3 is 20.3 Å². The van der Waals surface area contributed by atoms with Crippen LogP contribution in [0.5, 0.6) is 6.01 Å². The van der Waals surface area contributed by atoms with E-state index in [0.29, 0.717) is 90.7 Å². The summed E-state index contributed by atoms with van der Waals surface area (Å²) in [6.07, 6.45) is 3.84. The van der Waals surface area contributed by atoms with Crippen molar-refractivity contribution < 1.29 is 13.9 Å². The lowest BCUT2D eigenvalue weighted by Crippen LogP contribution is -2.59. The van der Waals surface area contributed by atoms with Crippen molar-refractivity contribution in [1.82, 2.24) is 24.6 Å². The highest BCUT2D eigenvalue weighted by molar-refractivity contribution is 7.16. The Morgan fingerprint density at radius 3 is 2.77 bits per heavy atom. The molecule has 1 aliphatic carbocycles. The number of hydrogen-bond acceptors (Lipinski definition) is 11. The molecule has 0 radical (unpaired) electrons. The summed E-state index contributed by atoms with van der Waals surface area (Å²) >= 11 is 8.18. The lowest BCUT2D eigenvalue weighted by atomic mass is 9.74. The van der Waals surface area contributed by atoms with Crippen molar-refractivity contribution in [3.63, 3.8) is 0 Å². The Labute approximate surface area is 280 Å². The molecule has 7 heterocycles. The number of nitrogen functional groups attached to an aromatic ring is 1. The quantitative estimate of drug-likeness (QED) is 0.290. The second-order valence-corrected chi connectivity index (χ2v) is 15.0. The number of nitriles is 1. The molecule has 5 aliphatic rings. The van der Waals surface area contributed by atoms with Crippen LogP contribution in [-0.2, 0) is 24.9 Å². The van der Waals surface area contributed by atoms with Crippen LogP contribution in [0.1, 0.15) is 71.2 Å². The third kappa shape index (κ3) is 4.67. The highest BCUT2D eigenvalue weighted by atomic mass is 35.5. The van der Waals surface area contributed by atoms with Crippen molar-refractivity contribution in [3.05, 3.63) is 43.8 Å². The third-order valence-corrected chi connectivity index (χ3v) is 12.2. The van der Waals surface area contributed by atoms with Crippen molar-refractivity contribution in [1.29, 1.82) is 5.26 Å². The van der Waals surface area contributed by atoms with E-state index >= 15 is 0 Å². The van der Waals surface area contributed by atoms with Crippen LogP contribution in [0.4, 0.5) is 26.7 Å². The first-order valence-electron chi connectivity index (χ1n) is 16.0.